The van der Waals surface area contributed by atoms with E-state index < -0.39 is 0 Å². The van der Waals surface area contributed by atoms with Gasteiger partial charge in [0.2, 0.25) is 5.91 Å². The lowest BCUT2D eigenvalue weighted by atomic mass is 9.91. The third-order valence-electron chi connectivity index (χ3n) is 4.20. The van der Waals surface area contributed by atoms with Crippen molar-refractivity contribution in [2.24, 2.45) is 5.92 Å². The van der Waals surface area contributed by atoms with Gasteiger partial charge in [0.15, 0.2) is 0 Å². The van der Waals surface area contributed by atoms with Crippen molar-refractivity contribution in [3.63, 3.8) is 0 Å². The fourth-order valence-corrected chi connectivity index (χ4v) is 2.99. The summed E-state index contributed by atoms with van der Waals surface area (Å²) in [5, 5.41) is 12.6. The van der Waals surface area contributed by atoms with Crippen molar-refractivity contribution in [3.8, 4) is 0 Å². The maximum absolute atomic E-state index is 11.9. The van der Waals surface area contributed by atoms with Gasteiger partial charge < -0.3 is 10.4 Å². The first-order valence-electron chi connectivity index (χ1n) is 6.88. The first-order chi connectivity index (χ1) is 8.18. The van der Waals surface area contributed by atoms with E-state index in [1.165, 1.54) is 0 Å². The van der Waals surface area contributed by atoms with Gasteiger partial charge in [-0.05, 0) is 58.0 Å². The molecule has 2 unspecified atom stereocenters. The van der Waals surface area contributed by atoms with Crippen molar-refractivity contribution < 1.29 is 9.90 Å². The van der Waals surface area contributed by atoms with Crippen molar-refractivity contribution in [3.05, 3.63) is 0 Å². The van der Waals surface area contributed by atoms with Gasteiger partial charge in [-0.15, -0.1) is 0 Å². The van der Waals surface area contributed by atoms with Crippen molar-refractivity contribution in [2.75, 3.05) is 19.6 Å². The van der Waals surface area contributed by atoms with Crippen LogP contribution in [0.2, 0.25) is 0 Å². The second-order valence-corrected chi connectivity index (χ2v) is 5.42. The van der Waals surface area contributed by atoms with Crippen molar-refractivity contribution in [1.29, 1.82) is 0 Å². The maximum atomic E-state index is 11.9. The summed E-state index contributed by atoms with van der Waals surface area (Å²) in [4.78, 5) is 14.2. The molecule has 4 heteroatoms. The molecule has 2 aliphatic rings. The van der Waals surface area contributed by atoms with E-state index >= 15 is 0 Å². The highest BCUT2D eigenvalue weighted by Gasteiger charge is 2.31. The lowest BCUT2D eigenvalue weighted by molar-refractivity contribution is -0.126. The Balaban J connectivity index is 1.88. The molecule has 0 radical (unpaired) electrons. The average molecular weight is 240 g/mol. The Morgan fingerprint density at radius 3 is 2.65 bits per heavy atom. The Hall–Kier alpha value is -0.610. The van der Waals surface area contributed by atoms with Crippen LogP contribution in [0, 0.1) is 5.92 Å². The van der Waals surface area contributed by atoms with E-state index in [0.29, 0.717) is 5.92 Å². The predicted molar refractivity (Wildman–Crippen MR) is 66.6 cm³/mol. The van der Waals surface area contributed by atoms with Crippen LogP contribution in [-0.4, -0.2) is 47.7 Å². The number of nitrogens with one attached hydrogen (secondary N) is 1. The van der Waals surface area contributed by atoms with Gasteiger partial charge in [-0.2, -0.15) is 0 Å². The number of carbonyl (C=O) groups excluding carboxylic acids is 1. The highest BCUT2D eigenvalue weighted by Crippen LogP contribution is 2.24. The molecule has 2 atom stereocenters. The standard InChI is InChI=1S/C13H24N2O2/c1-10(16)11-5-8-15(9-6-11)12-4-2-3-7-14-13(12)17/h10-12,16H,2-9H2,1H3,(H,14,17). The van der Waals surface area contributed by atoms with Gasteiger partial charge in [-0.25, -0.2) is 0 Å². The third kappa shape index (κ3) is 3.19. The molecule has 0 bridgehead atoms. The molecule has 2 fully saturated rings. The fourth-order valence-electron chi connectivity index (χ4n) is 2.99. The Labute approximate surface area is 103 Å². The van der Waals surface area contributed by atoms with Crippen LogP contribution in [0.3, 0.4) is 0 Å². The summed E-state index contributed by atoms with van der Waals surface area (Å²) < 4.78 is 0. The molecule has 4 nitrogen and oxygen atoms in total. The first-order valence-corrected chi connectivity index (χ1v) is 6.88. The Morgan fingerprint density at radius 1 is 1.29 bits per heavy atom. The summed E-state index contributed by atoms with van der Waals surface area (Å²) in [5.41, 5.74) is 0. The molecule has 0 aromatic carbocycles. The Kier molecular flexibility index (Phi) is 4.40. The maximum Gasteiger partial charge on any atom is 0.237 e. The second-order valence-electron chi connectivity index (χ2n) is 5.42. The molecule has 2 heterocycles. The molecule has 0 aliphatic carbocycles. The number of nitrogens with zero attached hydrogens (tertiary/aromatic N) is 1. The number of amides is 1. The molecule has 2 aliphatic heterocycles. The van der Waals surface area contributed by atoms with E-state index in [-0.39, 0.29) is 18.1 Å². The molecule has 2 rings (SSSR count). The number of hydrogen-bond donors (Lipinski definition) is 2. The van der Waals surface area contributed by atoms with Crippen molar-refractivity contribution in [2.45, 2.75) is 51.2 Å². The summed E-state index contributed by atoms with van der Waals surface area (Å²) in [6.45, 7) is 4.61. The zero-order valence-electron chi connectivity index (χ0n) is 10.7. The van der Waals surface area contributed by atoms with Crippen LogP contribution in [0.15, 0.2) is 0 Å². The van der Waals surface area contributed by atoms with Crippen LogP contribution in [0.1, 0.15) is 39.0 Å². The van der Waals surface area contributed by atoms with E-state index in [9.17, 15) is 9.90 Å². The van der Waals surface area contributed by atoms with Crippen LogP contribution in [-0.2, 0) is 4.79 Å². The van der Waals surface area contributed by atoms with Crippen molar-refractivity contribution in [1.82, 2.24) is 10.2 Å². The SMILES string of the molecule is CC(O)C1CCN(C2CCCCNC2=O)CC1. The molecule has 0 spiro atoms. The second kappa shape index (κ2) is 5.83. The van der Waals surface area contributed by atoms with Gasteiger partial charge in [0.1, 0.15) is 0 Å². The third-order valence-corrected chi connectivity index (χ3v) is 4.20. The lowest BCUT2D eigenvalue weighted by Crippen LogP contribution is -2.49. The Morgan fingerprint density at radius 2 is 2.00 bits per heavy atom. The van der Waals surface area contributed by atoms with Crippen LogP contribution in [0.25, 0.3) is 0 Å². The van der Waals surface area contributed by atoms with E-state index in [1.54, 1.807) is 0 Å². The molecular formula is C13H24N2O2. The van der Waals surface area contributed by atoms with Gasteiger partial charge in [-0.1, -0.05) is 0 Å². The number of likely N-dealkylation sites (tertiary alicyclic amines) is 1. The molecule has 2 N–H and O–H groups in total. The molecule has 17 heavy (non-hydrogen) atoms. The number of aliphatic hydroxyl groups is 1. The molecule has 0 aromatic heterocycles. The minimum absolute atomic E-state index is 0.0763. The number of aliphatic hydroxyl groups excluding tert-OH is 1. The topological polar surface area (TPSA) is 52.6 Å². The fraction of sp³-hybridized carbons (Fsp3) is 0.923. The largest absolute Gasteiger partial charge is 0.393 e. The summed E-state index contributed by atoms with van der Waals surface area (Å²) in [6.07, 6.45) is 5.06. The highest BCUT2D eigenvalue weighted by atomic mass is 16.3. The molecule has 2 saturated heterocycles. The van der Waals surface area contributed by atoms with E-state index in [0.717, 1.165) is 51.7 Å². The molecule has 0 saturated carbocycles. The smallest absolute Gasteiger partial charge is 0.237 e. The van der Waals surface area contributed by atoms with Gasteiger partial charge in [0, 0.05) is 6.54 Å². The van der Waals surface area contributed by atoms with Gasteiger partial charge >= 0.3 is 0 Å². The molecular weight excluding hydrogens is 216 g/mol. The molecule has 98 valence electrons. The minimum Gasteiger partial charge on any atom is -0.393 e. The van der Waals surface area contributed by atoms with Gasteiger partial charge in [0.25, 0.3) is 0 Å². The number of piperidine rings is 1. The van der Waals surface area contributed by atoms with E-state index in [1.807, 2.05) is 6.92 Å². The van der Waals surface area contributed by atoms with E-state index in [2.05, 4.69) is 10.2 Å². The van der Waals surface area contributed by atoms with E-state index in [4.69, 9.17) is 0 Å². The zero-order chi connectivity index (χ0) is 12.3. The van der Waals surface area contributed by atoms with Gasteiger partial charge in [-0.3, -0.25) is 9.69 Å². The lowest BCUT2D eigenvalue weighted by Gasteiger charge is -2.37. The average Bonchev–Trinajstić information content (AvgIpc) is 2.54. The molecule has 1 amide bonds. The van der Waals surface area contributed by atoms with Crippen molar-refractivity contribution >= 4 is 5.91 Å². The number of rotatable bonds is 2. The summed E-state index contributed by atoms with van der Waals surface area (Å²) >= 11 is 0. The summed E-state index contributed by atoms with van der Waals surface area (Å²) in [6, 6.07) is 0.0763. The van der Waals surface area contributed by atoms with Crippen LogP contribution in [0.5, 0.6) is 0 Å². The Bertz CT molecular complexity index is 260. The van der Waals surface area contributed by atoms with Gasteiger partial charge in [0.05, 0.1) is 12.1 Å². The first kappa shape index (κ1) is 12.8. The minimum atomic E-state index is -0.208. The number of hydrogen-bond acceptors (Lipinski definition) is 3. The number of carbonyl (C=O) groups is 1. The van der Waals surface area contributed by atoms with Crippen LogP contribution in [0.4, 0.5) is 0 Å². The normalized spacial score (nSPS) is 30.7. The molecule has 0 aromatic rings. The zero-order valence-corrected chi connectivity index (χ0v) is 10.7. The summed E-state index contributed by atoms with van der Waals surface area (Å²) in [7, 11) is 0. The monoisotopic (exact) mass is 240 g/mol. The van der Waals surface area contributed by atoms with Crippen LogP contribution >= 0.6 is 0 Å². The van der Waals surface area contributed by atoms with Crippen LogP contribution < -0.4 is 5.32 Å². The summed E-state index contributed by atoms with van der Waals surface area (Å²) in [5.74, 6) is 0.623. The highest BCUT2D eigenvalue weighted by molar-refractivity contribution is 5.81. The predicted octanol–water partition coefficient (Wildman–Crippen LogP) is 0.748. The quantitative estimate of drug-likeness (QED) is 0.749.